The predicted octanol–water partition coefficient (Wildman–Crippen LogP) is 1.81. The van der Waals surface area contributed by atoms with Crippen molar-refractivity contribution in [2.75, 3.05) is 0 Å². The van der Waals surface area contributed by atoms with Crippen LogP contribution >= 0.6 is 15.9 Å². The molecule has 1 rings (SSSR count). The Balaban J connectivity index is 3.43. The number of halogens is 1. The molecule has 0 aliphatic rings. The van der Waals surface area contributed by atoms with Crippen LogP contribution in [-0.4, -0.2) is 9.55 Å². The Morgan fingerprint density at radius 2 is 2.23 bits per heavy atom. The van der Waals surface area contributed by atoms with Gasteiger partial charge in [0.05, 0.1) is 10.2 Å². The fraction of sp³-hybridized carbons (Fsp3) is 0.333. The molecule has 0 spiro atoms. The number of rotatable bonds is 2. The van der Waals surface area contributed by atoms with Gasteiger partial charge in [-0.15, -0.1) is 6.58 Å². The standard InChI is InChI=1S/C9H11BrN2O/c1-4-5-12-7(3)8(10)6(2)11-9(12)13/h4H,1,5H2,2-3H3. The maximum absolute atomic E-state index is 11.4. The molecule has 1 heterocycles. The Labute approximate surface area is 85.2 Å². The van der Waals surface area contributed by atoms with E-state index in [9.17, 15) is 4.79 Å². The molecule has 13 heavy (non-hydrogen) atoms. The molecule has 0 N–H and O–H groups in total. The molecule has 0 saturated heterocycles. The van der Waals surface area contributed by atoms with E-state index in [0.717, 1.165) is 15.9 Å². The van der Waals surface area contributed by atoms with Gasteiger partial charge in [0.25, 0.3) is 0 Å². The van der Waals surface area contributed by atoms with Crippen molar-refractivity contribution in [2.45, 2.75) is 20.4 Å². The third-order valence-corrected chi connectivity index (χ3v) is 2.99. The molecule has 0 aliphatic heterocycles. The monoisotopic (exact) mass is 242 g/mol. The molecule has 70 valence electrons. The highest BCUT2D eigenvalue weighted by molar-refractivity contribution is 9.10. The largest absolute Gasteiger partial charge is 0.348 e. The van der Waals surface area contributed by atoms with Gasteiger partial charge in [-0.2, -0.15) is 4.98 Å². The third kappa shape index (κ3) is 1.88. The zero-order valence-electron chi connectivity index (χ0n) is 7.67. The zero-order valence-corrected chi connectivity index (χ0v) is 9.26. The van der Waals surface area contributed by atoms with Crippen molar-refractivity contribution in [2.24, 2.45) is 0 Å². The molecule has 4 heteroatoms. The molecule has 0 fully saturated rings. The van der Waals surface area contributed by atoms with Gasteiger partial charge in [0.15, 0.2) is 0 Å². The van der Waals surface area contributed by atoms with Gasteiger partial charge in [0, 0.05) is 12.2 Å². The summed E-state index contributed by atoms with van der Waals surface area (Å²) in [5, 5.41) is 0. The Morgan fingerprint density at radius 3 is 2.77 bits per heavy atom. The lowest BCUT2D eigenvalue weighted by Crippen LogP contribution is -2.25. The molecule has 0 atom stereocenters. The number of nitrogens with zero attached hydrogens (tertiary/aromatic N) is 2. The molecule has 0 unspecified atom stereocenters. The van der Waals surface area contributed by atoms with Crippen LogP contribution in [0, 0.1) is 13.8 Å². The molecule has 0 aromatic carbocycles. The highest BCUT2D eigenvalue weighted by atomic mass is 79.9. The van der Waals surface area contributed by atoms with Crippen LogP contribution in [0.5, 0.6) is 0 Å². The summed E-state index contributed by atoms with van der Waals surface area (Å²) in [6, 6.07) is 0. The fourth-order valence-corrected chi connectivity index (χ4v) is 1.42. The Bertz CT molecular complexity index is 395. The quantitative estimate of drug-likeness (QED) is 0.742. The average Bonchev–Trinajstić information content (AvgIpc) is 2.09. The van der Waals surface area contributed by atoms with E-state index >= 15 is 0 Å². The van der Waals surface area contributed by atoms with Crippen molar-refractivity contribution in [1.82, 2.24) is 9.55 Å². The minimum Gasteiger partial charge on any atom is -0.292 e. The van der Waals surface area contributed by atoms with Crippen LogP contribution in [-0.2, 0) is 6.54 Å². The minimum atomic E-state index is -0.224. The second-order valence-corrected chi connectivity index (χ2v) is 3.57. The first kappa shape index (κ1) is 10.2. The first-order valence-corrected chi connectivity index (χ1v) is 4.71. The van der Waals surface area contributed by atoms with Crippen LogP contribution in [0.2, 0.25) is 0 Å². The summed E-state index contributed by atoms with van der Waals surface area (Å²) in [5.41, 5.74) is 1.39. The van der Waals surface area contributed by atoms with Gasteiger partial charge in [-0.1, -0.05) is 6.08 Å². The SMILES string of the molecule is C=CCn1c(C)c(Br)c(C)nc1=O. The van der Waals surface area contributed by atoms with E-state index in [4.69, 9.17) is 0 Å². The van der Waals surface area contributed by atoms with Crippen LogP contribution in [0.3, 0.4) is 0 Å². The number of aromatic nitrogens is 2. The summed E-state index contributed by atoms with van der Waals surface area (Å²) in [6.07, 6.45) is 1.68. The highest BCUT2D eigenvalue weighted by Gasteiger charge is 2.06. The van der Waals surface area contributed by atoms with E-state index in [0.29, 0.717) is 6.54 Å². The smallest absolute Gasteiger partial charge is 0.292 e. The van der Waals surface area contributed by atoms with Gasteiger partial charge < -0.3 is 0 Å². The molecule has 0 aliphatic carbocycles. The van der Waals surface area contributed by atoms with Crippen molar-refractivity contribution < 1.29 is 0 Å². The lowest BCUT2D eigenvalue weighted by Gasteiger charge is -2.09. The molecular weight excluding hydrogens is 232 g/mol. The normalized spacial score (nSPS) is 10.1. The molecule has 0 saturated carbocycles. The minimum absolute atomic E-state index is 0.224. The summed E-state index contributed by atoms with van der Waals surface area (Å²) in [4.78, 5) is 15.3. The van der Waals surface area contributed by atoms with Gasteiger partial charge in [-0.05, 0) is 29.8 Å². The number of hydrogen-bond acceptors (Lipinski definition) is 2. The first-order chi connectivity index (χ1) is 6.07. The number of hydrogen-bond donors (Lipinski definition) is 0. The number of allylic oxidation sites excluding steroid dienone is 1. The lowest BCUT2D eigenvalue weighted by molar-refractivity contribution is 0.702. The van der Waals surface area contributed by atoms with Gasteiger partial charge >= 0.3 is 5.69 Å². The van der Waals surface area contributed by atoms with Crippen molar-refractivity contribution >= 4 is 15.9 Å². The van der Waals surface area contributed by atoms with Gasteiger partial charge in [-0.3, -0.25) is 4.57 Å². The Hall–Kier alpha value is -0.900. The van der Waals surface area contributed by atoms with Crippen molar-refractivity contribution in [3.63, 3.8) is 0 Å². The van der Waals surface area contributed by atoms with E-state index in [-0.39, 0.29) is 5.69 Å². The van der Waals surface area contributed by atoms with Crippen molar-refractivity contribution in [3.05, 3.63) is 39.0 Å². The van der Waals surface area contributed by atoms with E-state index in [1.54, 1.807) is 17.6 Å². The first-order valence-electron chi connectivity index (χ1n) is 3.92. The van der Waals surface area contributed by atoms with E-state index in [2.05, 4.69) is 27.5 Å². The second-order valence-electron chi connectivity index (χ2n) is 2.78. The zero-order chi connectivity index (χ0) is 10.0. The van der Waals surface area contributed by atoms with Gasteiger partial charge in [0.2, 0.25) is 0 Å². The van der Waals surface area contributed by atoms with Crippen LogP contribution in [0.1, 0.15) is 11.4 Å². The average molecular weight is 243 g/mol. The van der Waals surface area contributed by atoms with Crippen LogP contribution in [0.4, 0.5) is 0 Å². The number of aryl methyl sites for hydroxylation is 1. The summed E-state index contributed by atoms with van der Waals surface area (Å²) in [5.74, 6) is 0. The summed E-state index contributed by atoms with van der Waals surface area (Å²) in [6.45, 7) is 7.76. The molecular formula is C9H11BrN2O. The van der Waals surface area contributed by atoms with E-state index in [1.165, 1.54) is 0 Å². The topological polar surface area (TPSA) is 34.9 Å². The van der Waals surface area contributed by atoms with Crippen LogP contribution in [0.15, 0.2) is 21.9 Å². The summed E-state index contributed by atoms with van der Waals surface area (Å²) >= 11 is 3.38. The Morgan fingerprint density at radius 1 is 1.62 bits per heavy atom. The predicted molar refractivity (Wildman–Crippen MR) is 55.9 cm³/mol. The fourth-order valence-electron chi connectivity index (χ4n) is 1.12. The van der Waals surface area contributed by atoms with Crippen molar-refractivity contribution in [1.29, 1.82) is 0 Å². The van der Waals surface area contributed by atoms with Gasteiger partial charge in [0.1, 0.15) is 0 Å². The molecule has 0 amide bonds. The highest BCUT2D eigenvalue weighted by Crippen LogP contribution is 2.16. The molecule has 1 aromatic heterocycles. The summed E-state index contributed by atoms with van der Waals surface area (Å²) < 4.78 is 2.46. The van der Waals surface area contributed by atoms with Gasteiger partial charge in [-0.25, -0.2) is 4.79 Å². The molecule has 0 bridgehead atoms. The van der Waals surface area contributed by atoms with Crippen LogP contribution < -0.4 is 5.69 Å². The molecule has 3 nitrogen and oxygen atoms in total. The molecule has 1 aromatic rings. The second kappa shape index (κ2) is 3.87. The Kier molecular flexibility index (Phi) is 3.03. The maximum Gasteiger partial charge on any atom is 0.348 e. The third-order valence-electron chi connectivity index (χ3n) is 1.85. The van der Waals surface area contributed by atoms with Crippen LogP contribution in [0.25, 0.3) is 0 Å². The lowest BCUT2D eigenvalue weighted by atomic mass is 10.3. The maximum atomic E-state index is 11.4. The summed E-state index contributed by atoms with van der Waals surface area (Å²) in [7, 11) is 0. The molecule has 0 radical (unpaired) electrons. The van der Waals surface area contributed by atoms with E-state index in [1.807, 2.05) is 6.92 Å². The van der Waals surface area contributed by atoms with E-state index < -0.39 is 0 Å². The van der Waals surface area contributed by atoms with Crippen molar-refractivity contribution in [3.8, 4) is 0 Å².